The summed E-state index contributed by atoms with van der Waals surface area (Å²) in [6.45, 7) is 1.81. The highest BCUT2D eigenvalue weighted by Gasteiger charge is 2.75. The van der Waals surface area contributed by atoms with E-state index in [0.29, 0.717) is 18.3 Å². The van der Waals surface area contributed by atoms with Gasteiger partial charge in [0, 0.05) is 0 Å². The first kappa shape index (κ1) is 28.4. The molecule has 0 spiro atoms. The van der Waals surface area contributed by atoms with Gasteiger partial charge in [0.05, 0.1) is 27.7 Å². The molecule has 0 radical (unpaired) electrons. The van der Waals surface area contributed by atoms with E-state index >= 15 is 0 Å². The van der Waals surface area contributed by atoms with E-state index in [0.717, 1.165) is 32.1 Å². The highest BCUT2D eigenvalue weighted by atomic mass is 32.2. The fraction of sp³-hybridized carbons (Fsp3) is 0.913. The number of halogens is 6. The first-order valence-electron chi connectivity index (χ1n) is 12.4. The summed E-state index contributed by atoms with van der Waals surface area (Å²) in [4.78, 5) is 26.1. The van der Waals surface area contributed by atoms with Gasteiger partial charge >= 0.3 is 29.9 Å². The van der Waals surface area contributed by atoms with E-state index in [4.69, 9.17) is 4.74 Å². The molecule has 5 aliphatic carbocycles. The van der Waals surface area contributed by atoms with Crippen LogP contribution in [0.15, 0.2) is 0 Å². The number of hydrogen-bond acceptors (Lipinski definition) is 7. The molecule has 212 valence electrons. The zero-order valence-electron chi connectivity index (χ0n) is 20.1. The molecule has 4 bridgehead atoms. The van der Waals surface area contributed by atoms with Crippen molar-refractivity contribution >= 4 is 22.1 Å². The smallest absolute Gasteiger partial charge is 0.438 e. The van der Waals surface area contributed by atoms with E-state index in [1.165, 1.54) is 0 Å². The van der Waals surface area contributed by atoms with Crippen molar-refractivity contribution in [1.29, 1.82) is 0 Å². The molecule has 5 fully saturated rings. The molecule has 37 heavy (non-hydrogen) atoms. The summed E-state index contributed by atoms with van der Waals surface area (Å²) in [5, 5.41) is 0. The van der Waals surface area contributed by atoms with Crippen LogP contribution in [-0.4, -0.2) is 54.2 Å². The summed E-state index contributed by atoms with van der Waals surface area (Å²) in [5.74, 6) is -7.77. The van der Waals surface area contributed by atoms with E-state index in [1.807, 2.05) is 6.92 Å². The summed E-state index contributed by atoms with van der Waals surface area (Å²) < 4.78 is 125. The van der Waals surface area contributed by atoms with Crippen LogP contribution in [0.25, 0.3) is 0 Å². The molecule has 5 rings (SSSR count). The molecule has 0 N–H and O–H groups in total. The van der Waals surface area contributed by atoms with Gasteiger partial charge in [-0.05, 0) is 75.5 Å². The Labute approximate surface area is 210 Å². The SMILES string of the molecule is CC1(OC(=O)C2CCCCC2C(=O)OC(CS(=O)(=O)[O-])(C(F)(F)F)C(F)(F)F)C2CC3CC(C2)CC1C3. The van der Waals surface area contributed by atoms with Crippen LogP contribution in [0, 0.1) is 35.5 Å². The normalized spacial score (nSPS) is 36.3. The molecule has 0 saturated heterocycles. The molecule has 0 aromatic rings. The van der Waals surface area contributed by atoms with Crippen LogP contribution in [-0.2, 0) is 29.2 Å². The second-order valence-electron chi connectivity index (χ2n) is 11.4. The fourth-order valence-electron chi connectivity index (χ4n) is 7.24. The van der Waals surface area contributed by atoms with Crippen LogP contribution in [0.3, 0.4) is 0 Å². The monoisotopic (exact) mass is 563 g/mol. The Balaban J connectivity index is 1.57. The van der Waals surface area contributed by atoms with Gasteiger partial charge in [-0.1, -0.05) is 12.8 Å². The number of esters is 2. The summed E-state index contributed by atoms with van der Waals surface area (Å²) in [7, 11) is -6.15. The summed E-state index contributed by atoms with van der Waals surface area (Å²) in [6, 6.07) is 0. The van der Waals surface area contributed by atoms with Crippen LogP contribution in [0.5, 0.6) is 0 Å². The minimum atomic E-state index is -6.46. The van der Waals surface area contributed by atoms with Crippen LogP contribution >= 0.6 is 0 Å². The van der Waals surface area contributed by atoms with Crippen molar-refractivity contribution < 1.29 is 58.4 Å². The maximum Gasteiger partial charge on any atom is 0.438 e. The van der Waals surface area contributed by atoms with Crippen molar-refractivity contribution in [2.75, 3.05) is 5.75 Å². The Morgan fingerprint density at radius 1 is 0.838 bits per heavy atom. The topological polar surface area (TPSA) is 110 Å². The third kappa shape index (κ3) is 5.20. The van der Waals surface area contributed by atoms with Gasteiger partial charge in [-0.25, -0.2) is 8.42 Å². The largest absolute Gasteiger partial charge is 0.748 e. The zero-order valence-corrected chi connectivity index (χ0v) is 20.9. The Hall–Kier alpha value is -1.57. The van der Waals surface area contributed by atoms with Gasteiger partial charge in [-0.2, -0.15) is 26.3 Å². The van der Waals surface area contributed by atoms with Crippen molar-refractivity contribution in [2.45, 2.75) is 88.3 Å². The van der Waals surface area contributed by atoms with Crippen molar-refractivity contribution in [3.05, 3.63) is 0 Å². The number of hydrogen-bond donors (Lipinski definition) is 0. The van der Waals surface area contributed by atoms with Gasteiger partial charge < -0.3 is 14.0 Å². The second-order valence-corrected chi connectivity index (χ2v) is 12.8. The number of rotatable bonds is 6. The molecule has 2 atom stereocenters. The second kappa shape index (κ2) is 9.27. The van der Waals surface area contributed by atoms with Gasteiger partial charge in [0.15, 0.2) is 0 Å². The molecule has 0 aliphatic heterocycles. The average Bonchev–Trinajstić information content (AvgIpc) is 2.74. The number of carbonyl (C=O) groups is 2. The van der Waals surface area contributed by atoms with Gasteiger partial charge in [0.2, 0.25) is 0 Å². The molecule has 5 saturated carbocycles. The Morgan fingerprint density at radius 3 is 1.68 bits per heavy atom. The van der Waals surface area contributed by atoms with Gasteiger partial charge in [-0.15, -0.1) is 0 Å². The lowest BCUT2D eigenvalue weighted by Crippen LogP contribution is -2.64. The third-order valence-electron chi connectivity index (χ3n) is 9.02. The average molecular weight is 564 g/mol. The van der Waals surface area contributed by atoms with Crippen LogP contribution in [0.1, 0.15) is 64.7 Å². The zero-order chi connectivity index (χ0) is 27.6. The van der Waals surface area contributed by atoms with E-state index in [1.54, 1.807) is 0 Å². The number of carbonyl (C=O) groups excluding carboxylic acids is 2. The van der Waals surface area contributed by atoms with Crippen LogP contribution in [0.2, 0.25) is 0 Å². The molecule has 0 heterocycles. The fourth-order valence-corrected chi connectivity index (χ4v) is 8.12. The first-order chi connectivity index (χ1) is 16.9. The Kier molecular flexibility index (Phi) is 7.12. The molecule has 7 nitrogen and oxygen atoms in total. The molecular formula is C23H29F6O7S-. The van der Waals surface area contributed by atoms with Crippen molar-refractivity contribution in [3.63, 3.8) is 0 Å². The van der Waals surface area contributed by atoms with Crippen molar-refractivity contribution in [2.24, 2.45) is 35.5 Å². The van der Waals surface area contributed by atoms with E-state index in [2.05, 4.69) is 4.74 Å². The lowest BCUT2D eigenvalue weighted by atomic mass is 9.50. The maximum atomic E-state index is 13.6. The van der Waals surface area contributed by atoms with Crippen LogP contribution < -0.4 is 0 Å². The van der Waals surface area contributed by atoms with Crippen LogP contribution in [0.4, 0.5) is 26.3 Å². The lowest BCUT2D eigenvalue weighted by molar-refractivity contribution is -0.362. The molecular weight excluding hydrogens is 534 g/mol. The Bertz CT molecular complexity index is 980. The van der Waals surface area contributed by atoms with Gasteiger partial charge in [-0.3, -0.25) is 9.59 Å². The highest BCUT2D eigenvalue weighted by molar-refractivity contribution is 7.85. The summed E-state index contributed by atoms with van der Waals surface area (Å²) in [6.07, 6.45) is -7.96. The quantitative estimate of drug-likeness (QED) is 0.266. The van der Waals surface area contributed by atoms with E-state index in [-0.39, 0.29) is 31.1 Å². The lowest BCUT2D eigenvalue weighted by Gasteiger charge is -2.59. The predicted octanol–water partition coefficient (Wildman–Crippen LogP) is 4.50. The number of ether oxygens (including phenoxy) is 2. The molecule has 5 aliphatic rings. The first-order valence-corrected chi connectivity index (χ1v) is 14.0. The molecule has 0 amide bonds. The van der Waals surface area contributed by atoms with E-state index in [9.17, 15) is 48.9 Å². The number of alkyl halides is 6. The molecule has 2 unspecified atom stereocenters. The maximum absolute atomic E-state index is 13.6. The standard InChI is InChI=1S/C23H30F6O7S/c1-20(14-7-12-6-13(9-14)10-15(20)8-12)35-18(30)16-4-2-3-5-17(16)19(31)36-21(22(24,25)26,23(27,28)29)11-37(32,33)34/h12-17H,2-11H2,1H3,(H,32,33,34)/p-1. The minimum Gasteiger partial charge on any atom is -0.748 e. The summed E-state index contributed by atoms with van der Waals surface area (Å²) in [5.41, 5.74) is -6.40. The van der Waals surface area contributed by atoms with Gasteiger partial charge in [0.1, 0.15) is 5.60 Å². The predicted molar refractivity (Wildman–Crippen MR) is 112 cm³/mol. The molecule has 0 aromatic carbocycles. The molecule has 0 aromatic heterocycles. The van der Waals surface area contributed by atoms with E-state index < -0.39 is 63.2 Å². The van der Waals surface area contributed by atoms with Crippen molar-refractivity contribution in [1.82, 2.24) is 0 Å². The highest BCUT2D eigenvalue weighted by Crippen LogP contribution is 2.60. The van der Waals surface area contributed by atoms with Crippen molar-refractivity contribution in [3.8, 4) is 0 Å². The molecule has 14 heteroatoms. The van der Waals surface area contributed by atoms with Gasteiger partial charge in [0.25, 0.3) is 0 Å². The Morgan fingerprint density at radius 2 is 1.27 bits per heavy atom. The summed E-state index contributed by atoms with van der Waals surface area (Å²) >= 11 is 0. The third-order valence-corrected chi connectivity index (χ3v) is 9.78. The minimum absolute atomic E-state index is 0.0137.